The van der Waals surface area contributed by atoms with Crippen molar-refractivity contribution < 1.29 is 14.7 Å². The van der Waals surface area contributed by atoms with Gasteiger partial charge in [0.05, 0.1) is 5.92 Å². The fraction of sp³-hybridized carbons (Fsp3) is 0.875. The number of likely N-dealkylation sites (N-methyl/N-ethyl adjacent to an activating group) is 1. The number of rotatable bonds is 3. The maximum atomic E-state index is 12.8. The molecule has 2 rings (SSSR count). The summed E-state index contributed by atoms with van der Waals surface area (Å²) in [5, 5.41) is 9.06. The minimum absolute atomic E-state index is 0.0399. The van der Waals surface area contributed by atoms with E-state index in [9.17, 15) is 9.59 Å². The van der Waals surface area contributed by atoms with Gasteiger partial charge in [-0.25, -0.2) is 0 Å². The van der Waals surface area contributed by atoms with Crippen molar-refractivity contribution in [2.24, 2.45) is 11.8 Å². The van der Waals surface area contributed by atoms with Crippen molar-refractivity contribution in [1.82, 2.24) is 9.80 Å². The molecule has 0 spiro atoms. The highest BCUT2D eigenvalue weighted by atomic mass is 16.4. The van der Waals surface area contributed by atoms with Crippen LogP contribution in [0, 0.1) is 11.8 Å². The summed E-state index contributed by atoms with van der Waals surface area (Å²) in [6.07, 6.45) is 4.79. The predicted molar refractivity (Wildman–Crippen MR) is 81.0 cm³/mol. The number of carbonyl (C=O) groups excluding carboxylic acids is 1. The van der Waals surface area contributed by atoms with Gasteiger partial charge in [-0.1, -0.05) is 6.92 Å². The Labute approximate surface area is 127 Å². The third kappa shape index (κ3) is 3.96. The molecule has 1 N–H and O–H groups in total. The second kappa shape index (κ2) is 7.25. The molecule has 1 amide bonds. The van der Waals surface area contributed by atoms with E-state index in [1.165, 1.54) is 0 Å². The predicted octanol–water partition coefficient (Wildman–Crippen LogP) is 1.82. The molecule has 1 heterocycles. The molecule has 120 valence electrons. The number of carboxylic acid groups (broad SMARTS) is 1. The van der Waals surface area contributed by atoms with Gasteiger partial charge in [0.1, 0.15) is 0 Å². The largest absolute Gasteiger partial charge is 0.481 e. The van der Waals surface area contributed by atoms with Crippen LogP contribution in [0.1, 0.15) is 45.4 Å². The highest BCUT2D eigenvalue weighted by Gasteiger charge is 2.34. The lowest BCUT2D eigenvalue weighted by Gasteiger charge is -2.35. The Hall–Kier alpha value is -1.10. The van der Waals surface area contributed by atoms with E-state index in [1.54, 1.807) is 0 Å². The summed E-state index contributed by atoms with van der Waals surface area (Å²) in [6.45, 7) is 4.99. The minimum atomic E-state index is -0.705. The maximum absolute atomic E-state index is 12.8. The van der Waals surface area contributed by atoms with E-state index in [0.29, 0.717) is 18.9 Å². The van der Waals surface area contributed by atoms with Gasteiger partial charge in [-0.05, 0) is 52.1 Å². The highest BCUT2D eigenvalue weighted by Crippen LogP contribution is 2.31. The first-order valence-corrected chi connectivity index (χ1v) is 8.24. The Balaban J connectivity index is 1.96. The van der Waals surface area contributed by atoms with Crippen LogP contribution in [0.15, 0.2) is 0 Å². The molecule has 1 aliphatic heterocycles. The first-order chi connectivity index (χ1) is 10.0. The van der Waals surface area contributed by atoms with Gasteiger partial charge in [0.25, 0.3) is 0 Å². The third-order valence-electron chi connectivity index (χ3n) is 5.08. The molecule has 1 saturated heterocycles. The van der Waals surface area contributed by atoms with E-state index in [2.05, 4.69) is 23.8 Å². The van der Waals surface area contributed by atoms with E-state index >= 15 is 0 Å². The summed E-state index contributed by atoms with van der Waals surface area (Å²) in [5.74, 6) is -0.644. The van der Waals surface area contributed by atoms with Gasteiger partial charge in [-0.3, -0.25) is 9.59 Å². The van der Waals surface area contributed by atoms with Crippen LogP contribution >= 0.6 is 0 Å². The van der Waals surface area contributed by atoms with Gasteiger partial charge in [0.2, 0.25) is 5.91 Å². The number of hydrogen-bond donors (Lipinski definition) is 1. The van der Waals surface area contributed by atoms with Crippen molar-refractivity contribution >= 4 is 11.9 Å². The van der Waals surface area contributed by atoms with E-state index in [4.69, 9.17) is 5.11 Å². The zero-order valence-electron chi connectivity index (χ0n) is 13.3. The van der Waals surface area contributed by atoms with Crippen molar-refractivity contribution in [3.05, 3.63) is 0 Å². The molecule has 1 saturated carbocycles. The average Bonchev–Trinajstić information content (AvgIpc) is 2.67. The molecular weight excluding hydrogens is 268 g/mol. The van der Waals surface area contributed by atoms with Crippen LogP contribution in [0.5, 0.6) is 0 Å². The highest BCUT2D eigenvalue weighted by molar-refractivity contribution is 5.80. The van der Waals surface area contributed by atoms with Gasteiger partial charge >= 0.3 is 5.97 Å². The molecule has 2 aliphatic rings. The molecule has 0 aromatic carbocycles. The zero-order chi connectivity index (χ0) is 15.4. The van der Waals surface area contributed by atoms with E-state index < -0.39 is 5.97 Å². The van der Waals surface area contributed by atoms with Crippen LogP contribution in [0.3, 0.4) is 0 Å². The lowest BCUT2D eigenvalue weighted by Crippen LogP contribution is -2.46. The smallest absolute Gasteiger partial charge is 0.306 e. The topological polar surface area (TPSA) is 60.9 Å². The summed E-state index contributed by atoms with van der Waals surface area (Å²) in [5.41, 5.74) is 0. The molecule has 1 aliphatic carbocycles. The number of carboxylic acids is 1. The number of amides is 1. The Morgan fingerprint density at radius 1 is 1.10 bits per heavy atom. The van der Waals surface area contributed by atoms with Gasteiger partial charge in [-0.15, -0.1) is 0 Å². The first kappa shape index (κ1) is 16.3. The Kier molecular flexibility index (Phi) is 5.62. The molecule has 1 unspecified atom stereocenters. The van der Waals surface area contributed by atoms with Crippen LogP contribution in [0.4, 0.5) is 0 Å². The number of hydrogen-bond acceptors (Lipinski definition) is 3. The van der Waals surface area contributed by atoms with Gasteiger partial charge < -0.3 is 14.9 Å². The Morgan fingerprint density at radius 3 is 2.29 bits per heavy atom. The van der Waals surface area contributed by atoms with E-state index in [-0.39, 0.29) is 17.7 Å². The standard InChI is InChI=1S/C16H28N2O3/c1-3-14-11-17(2)9-4-10-18(14)15(19)12-5-7-13(8-6-12)16(20)21/h12-14H,3-11H2,1-2H3,(H,20,21). The third-order valence-corrected chi connectivity index (χ3v) is 5.08. The van der Waals surface area contributed by atoms with Gasteiger partial charge in [-0.2, -0.15) is 0 Å². The second-order valence-corrected chi connectivity index (χ2v) is 6.60. The lowest BCUT2D eigenvalue weighted by molar-refractivity contribution is -0.146. The zero-order valence-corrected chi connectivity index (χ0v) is 13.3. The van der Waals surface area contributed by atoms with Crippen molar-refractivity contribution in [3.8, 4) is 0 Å². The maximum Gasteiger partial charge on any atom is 0.306 e. The normalized spacial score (nSPS) is 31.7. The number of carbonyl (C=O) groups is 2. The molecular formula is C16H28N2O3. The van der Waals surface area contributed by atoms with Gasteiger partial charge in [0, 0.05) is 25.0 Å². The molecule has 0 radical (unpaired) electrons. The summed E-state index contributed by atoms with van der Waals surface area (Å²) in [7, 11) is 2.12. The summed E-state index contributed by atoms with van der Waals surface area (Å²) in [6, 6.07) is 0.308. The Morgan fingerprint density at radius 2 is 1.71 bits per heavy atom. The number of aliphatic carboxylic acids is 1. The van der Waals surface area contributed by atoms with Crippen LogP contribution in [-0.2, 0) is 9.59 Å². The molecule has 1 atom stereocenters. The van der Waals surface area contributed by atoms with E-state index in [0.717, 1.165) is 45.3 Å². The average molecular weight is 296 g/mol. The first-order valence-electron chi connectivity index (χ1n) is 8.24. The molecule has 0 aromatic heterocycles. The molecule has 5 heteroatoms. The summed E-state index contributed by atoms with van der Waals surface area (Å²) < 4.78 is 0. The van der Waals surface area contributed by atoms with E-state index in [1.807, 2.05) is 0 Å². The quantitative estimate of drug-likeness (QED) is 0.863. The fourth-order valence-corrected chi connectivity index (χ4v) is 3.70. The van der Waals surface area contributed by atoms with Gasteiger partial charge in [0.15, 0.2) is 0 Å². The summed E-state index contributed by atoms with van der Waals surface area (Å²) in [4.78, 5) is 28.2. The van der Waals surface area contributed by atoms with Crippen molar-refractivity contribution in [2.45, 2.75) is 51.5 Å². The van der Waals surface area contributed by atoms with Crippen molar-refractivity contribution in [2.75, 3.05) is 26.7 Å². The monoisotopic (exact) mass is 296 g/mol. The lowest BCUT2D eigenvalue weighted by atomic mass is 9.81. The second-order valence-electron chi connectivity index (χ2n) is 6.60. The van der Waals surface area contributed by atoms with Crippen LogP contribution in [0.25, 0.3) is 0 Å². The molecule has 5 nitrogen and oxygen atoms in total. The minimum Gasteiger partial charge on any atom is -0.481 e. The SMILES string of the molecule is CCC1CN(C)CCCN1C(=O)C1CCC(C(=O)O)CC1. The van der Waals surface area contributed by atoms with Crippen molar-refractivity contribution in [3.63, 3.8) is 0 Å². The Bertz CT molecular complexity index is 378. The molecule has 2 fully saturated rings. The molecule has 0 aromatic rings. The molecule has 0 bridgehead atoms. The number of nitrogens with zero attached hydrogens (tertiary/aromatic N) is 2. The van der Waals surface area contributed by atoms with Crippen molar-refractivity contribution in [1.29, 1.82) is 0 Å². The van der Waals surface area contributed by atoms with Crippen LogP contribution < -0.4 is 0 Å². The fourth-order valence-electron chi connectivity index (χ4n) is 3.70. The molecule has 21 heavy (non-hydrogen) atoms. The van der Waals surface area contributed by atoms with Crippen LogP contribution in [-0.4, -0.2) is 59.5 Å². The summed E-state index contributed by atoms with van der Waals surface area (Å²) >= 11 is 0. The van der Waals surface area contributed by atoms with Crippen LogP contribution in [0.2, 0.25) is 0 Å².